The van der Waals surface area contributed by atoms with Crippen LogP contribution < -0.4 is 15.8 Å². The maximum absolute atomic E-state index is 12.3. The Kier molecular flexibility index (Phi) is 5.54. The van der Waals surface area contributed by atoms with Crippen LogP contribution in [0.25, 0.3) is 11.2 Å². The molecule has 3 rings (SSSR count). The van der Waals surface area contributed by atoms with Crippen LogP contribution in [0.1, 0.15) is 29.5 Å². The molecule has 8 nitrogen and oxygen atoms in total. The van der Waals surface area contributed by atoms with Gasteiger partial charge < -0.3 is 20.8 Å². The van der Waals surface area contributed by atoms with Crippen LogP contribution in [0.4, 0.5) is 19.0 Å². The van der Waals surface area contributed by atoms with Crippen LogP contribution in [-0.2, 0) is 0 Å². The second-order valence-corrected chi connectivity index (χ2v) is 6.00. The lowest BCUT2D eigenvalue weighted by Crippen LogP contribution is -2.32. The van der Waals surface area contributed by atoms with Crippen molar-refractivity contribution in [1.82, 2.24) is 25.3 Å². The lowest BCUT2D eigenvalue weighted by Gasteiger charge is -2.10. The highest BCUT2D eigenvalue weighted by atomic mass is 19.4. The predicted molar refractivity (Wildman–Crippen MR) is 97.6 cm³/mol. The van der Waals surface area contributed by atoms with Gasteiger partial charge in [-0.15, -0.1) is 13.2 Å². The monoisotopic (exact) mass is 404 g/mol. The smallest absolute Gasteiger partial charge is 0.402 e. The number of carbonyl (C=O) groups is 1. The minimum Gasteiger partial charge on any atom is -0.402 e. The third-order valence-electron chi connectivity index (χ3n) is 3.60. The molecule has 1 amide bonds. The molecular formula is C18H15F3N6O2. The van der Waals surface area contributed by atoms with E-state index >= 15 is 0 Å². The maximum atomic E-state index is 12.3. The molecule has 3 aromatic heterocycles. The second-order valence-electron chi connectivity index (χ2n) is 6.00. The first-order valence-electron chi connectivity index (χ1n) is 8.33. The Morgan fingerprint density at radius 3 is 2.93 bits per heavy atom. The number of halogens is 3. The standard InChI is InChI=1S/C18H15F3N6O2/c1-10(25-17(28)16-26-12-6-3-7-23-15(12)27-16)4-2-5-11-8-13(14(22)24-9-11)29-18(19,20)21/h3,6-10H,4H2,1H3,(H2,22,24)(H,25,28)(H,23,26,27)/t10-/m0/s1. The molecule has 0 radical (unpaired) electrons. The number of rotatable bonds is 4. The Hall–Kier alpha value is -3.81. The average molecular weight is 404 g/mol. The van der Waals surface area contributed by atoms with Gasteiger partial charge >= 0.3 is 6.36 Å². The van der Waals surface area contributed by atoms with Crippen molar-refractivity contribution in [2.24, 2.45) is 0 Å². The van der Waals surface area contributed by atoms with Gasteiger partial charge in [-0.05, 0) is 19.1 Å². The molecule has 3 heterocycles. The van der Waals surface area contributed by atoms with Crippen molar-refractivity contribution in [3.05, 3.63) is 42.0 Å². The van der Waals surface area contributed by atoms with E-state index in [1.165, 1.54) is 6.20 Å². The number of nitrogens with zero attached hydrogens (tertiary/aromatic N) is 3. The number of imidazole rings is 1. The number of aromatic nitrogens is 4. The number of nitrogen functional groups attached to an aromatic ring is 1. The zero-order valence-electron chi connectivity index (χ0n) is 15.0. The molecule has 0 aliphatic heterocycles. The number of nitrogens with two attached hydrogens (primary N) is 1. The van der Waals surface area contributed by atoms with E-state index in [4.69, 9.17) is 5.73 Å². The van der Waals surface area contributed by atoms with Crippen molar-refractivity contribution in [2.75, 3.05) is 5.73 Å². The third kappa shape index (κ3) is 5.35. The number of aromatic amines is 1. The molecule has 0 bridgehead atoms. The number of hydrogen-bond donors (Lipinski definition) is 3. The van der Waals surface area contributed by atoms with Crippen molar-refractivity contribution >= 4 is 22.9 Å². The number of fused-ring (bicyclic) bond motifs is 1. The van der Waals surface area contributed by atoms with Gasteiger partial charge in [0.15, 0.2) is 23.0 Å². The van der Waals surface area contributed by atoms with E-state index in [0.29, 0.717) is 11.2 Å². The quantitative estimate of drug-likeness (QED) is 0.575. The zero-order chi connectivity index (χ0) is 21.0. The van der Waals surface area contributed by atoms with Crippen LogP contribution >= 0.6 is 0 Å². The summed E-state index contributed by atoms with van der Waals surface area (Å²) in [5.74, 6) is 4.11. The van der Waals surface area contributed by atoms with E-state index in [1.807, 2.05) is 0 Å². The molecule has 11 heteroatoms. The lowest BCUT2D eigenvalue weighted by atomic mass is 10.2. The summed E-state index contributed by atoms with van der Waals surface area (Å²) >= 11 is 0. The topological polar surface area (TPSA) is 119 Å². The fourth-order valence-corrected chi connectivity index (χ4v) is 2.33. The molecule has 0 spiro atoms. The minimum absolute atomic E-state index is 0.121. The molecule has 0 saturated carbocycles. The summed E-state index contributed by atoms with van der Waals surface area (Å²) in [6, 6.07) is 4.17. The molecule has 0 aliphatic carbocycles. The first kappa shape index (κ1) is 19.9. The number of nitrogens with one attached hydrogen (secondary N) is 2. The van der Waals surface area contributed by atoms with Crippen LogP contribution in [0.15, 0.2) is 30.6 Å². The molecule has 0 fully saturated rings. The van der Waals surface area contributed by atoms with Crippen LogP contribution in [-0.4, -0.2) is 38.2 Å². The summed E-state index contributed by atoms with van der Waals surface area (Å²) in [6.07, 6.45) is -1.84. The highest BCUT2D eigenvalue weighted by Gasteiger charge is 2.32. The second kappa shape index (κ2) is 8.05. The summed E-state index contributed by atoms with van der Waals surface area (Å²) in [7, 11) is 0. The Morgan fingerprint density at radius 1 is 1.41 bits per heavy atom. The summed E-state index contributed by atoms with van der Waals surface area (Å²) < 4.78 is 40.8. The number of amides is 1. The molecule has 150 valence electrons. The number of anilines is 1. The molecule has 0 aromatic carbocycles. The van der Waals surface area contributed by atoms with Crippen LogP contribution in [0.2, 0.25) is 0 Å². The van der Waals surface area contributed by atoms with E-state index in [-0.39, 0.29) is 23.9 Å². The molecule has 3 aromatic rings. The van der Waals surface area contributed by atoms with Gasteiger partial charge in [0.2, 0.25) is 0 Å². The van der Waals surface area contributed by atoms with E-state index in [0.717, 1.165) is 6.07 Å². The number of alkyl halides is 3. The van der Waals surface area contributed by atoms with E-state index in [2.05, 4.69) is 41.8 Å². The van der Waals surface area contributed by atoms with E-state index in [9.17, 15) is 18.0 Å². The summed E-state index contributed by atoms with van der Waals surface area (Å²) in [6.45, 7) is 1.73. The van der Waals surface area contributed by atoms with Gasteiger partial charge in [-0.25, -0.2) is 15.0 Å². The normalized spacial score (nSPS) is 12.1. The fraction of sp³-hybridized carbons (Fsp3) is 0.222. The van der Waals surface area contributed by atoms with Crippen molar-refractivity contribution in [3.63, 3.8) is 0 Å². The maximum Gasteiger partial charge on any atom is 0.573 e. The fourth-order valence-electron chi connectivity index (χ4n) is 2.33. The van der Waals surface area contributed by atoms with Crippen LogP contribution in [0, 0.1) is 11.8 Å². The average Bonchev–Trinajstić information content (AvgIpc) is 3.07. The number of hydrogen-bond acceptors (Lipinski definition) is 6. The number of ether oxygens (including phenoxy) is 1. The van der Waals surface area contributed by atoms with E-state index in [1.54, 1.807) is 25.3 Å². The van der Waals surface area contributed by atoms with E-state index < -0.39 is 23.8 Å². The Bertz CT molecular complexity index is 1070. The lowest BCUT2D eigenvalue weighted by molar-refractivity contribution is -0.274. The molecule has 0 saturated heterocycles. The van der Waals surface area contributed by atoms with Crippen molar-refractivity contribution in [1.29, 1.82) is 0 Å². The van der Waals surface area contributed by atoms with Crippen molar-refractivity contribution < 1.29 is 22.7 Å². The van der Waals surface area contributed by atoms with Crippen LogP contribution in [0.5, 0.6) is 5.75 Å². The zero-order valence-corrected chi connectivity index (χ0v) is 15.0. The van der Waals surface area contributed by atoms with Gasteiger partial charge in [-0.2, -0.15) is 0 Å². The third-order valence-corrected chi connectivity index (χ3v) is 3.60. The molecule has 1 atom stereocenters. The summed E-state index contributed by atoms with van der Waals surface area (Å²) in [5.41, 5.74) is 6.63. The first-order chi connectivity index (χ1) is 13.7. The first-order valence-corrected chi connectivity index (χ1v) is 8.33. The van der Waals surface area contributed by atoms with Gasteiger partial charge in [0, 0.05) is 36.5 Å². The van der Waals surface area contributed by atoms with Gasteiger partial charge in [0.05, 0.1) is 5.52 Å². The summed E-state index contributed by atoms with van der Waals surface area (Å²) in [5, 5.41) is 2.72. The molecule has 29 heavy (non-hydrogen) atoms. The molecule has 0 aliphatic rings. The van der Waals surface area contributed by atoms with Crippen molar-refractivity contribution in [3.8, 4) is 17.6 Å². The van der Waals surface area contributed by atoms with Gasteiger partial charge in [0.25, 0.3) is 5.91 Å². The molecule has 4 N–H and O–H groups in total. The highest BCUT2D eigenvalue weighted by molar-refractivity contribution is 5.93. The Labute approximate surface area is 162 Å². The Morgan fingerprint density at radius 2 is 2.21 bits per heavy atom. The number of pyridine rings is 2. The largest absolute Gasteiger partial charge is 0.573 e. The Balaban J connectivity index is 1.61. The van der Waals surface area contributed by atoms with Gasteiger partial charge in [-0.3, -0.25) is 4.79 Å². The molecule has 0 unspecified atom stereocenters. The minimum atomic E-state index is -4.88. The predicted octanol–water partition coefficient (Wildman–Crippen LogP) is 2.39. The summed E-state index contributed by atoms with van der Waals surface area (Å²) in [4.78, 5) is 26.9. The van der Waals surface area contributed by atoms with Gasteiger partial charge in [0.1, 0.15) is 0 Å². The van der Waals surface area contributed by atoms with Gasteiger partial charge in [-0.1, -0.05) is 11.8 Å². The number of carbonyl (C=O) groups excluding carboxylic acids is 1. The number of H-pyrrole nitrogens is 1. The van der Waals surface area contributed by atoms with Crippen LogP contribution in [0.3, 0.4) is 0 Å². The highest BCUT2D eigenvalue weighted by Crippen LogP contribution is 2.27. The molecular weight excluding hydrogens is 389 g/mol. The SMILES string of the molecule is C[C@@H](CC#Cc1cnc(N)c(OC(F)(F)F)c1)NC(=O)c1nc2ncccc2[nH]1. The van der Waals surface area contributed by atoms with Crippen molar-refractivity contribution in [2.45, 2.75) is 25.7 Å².